The SMILES string of the molecule is Cc1cc(CCC(=O)O)ccc1O. The van der Waals surface area contributed by atoms with Gasteiger partial charge in [0.1, 0.15) is 5.75 Å². The van der Waals surface area contributed by atoms with Crippen LogP contribution in [0.5, 0.6) is 5.75 Å². The average Bonchev–Trinajstić information content (AvgIpc) is 2.07. The van der Waals surface area contributed by atoms with E-state index in [4.69, 9.17) is 5.11 Å². The van der Waals surface area contributed by atoms with Crippen molar-refractivity contribution in [3.05, 3.63) is 29.3 Å². The number of benzene rings is 1. The zero-order valence-electron chi connectivity index (χ0n) is 7.45. The fourth-order valence-corrected chi connectivity index (χ4v) is 1.12. The first-order chi connectivity index (χ1) is 6.09. The molecule has 0 radical (unpaired) electrons. The van der Waals surface area contributed by atoms with Gasteiger partial charge >= 0.3 is 5.97 Å². The van der Waals surface area contributed by atoms with Crippen LogP contribution in [0.25, 0.3) is 0 Å². The molecule has 0 bridgehead atoms. The van der Waals surface area contributed by atoms with Crippen LogP contribution in [0.1, 0.15) is 17.5 Å². The molecule has 1 rings (SSSR count). The molecule has 0 aliphatic carbocycles. The molecule has 0 atom stereocenters. The number of carbonyl (C=O) groups is 1. The fraction of sp³-hybridized carbons (Fsp3) is 0.300. The molecule has 0 saturated heterocycles. The lowest BCUT2D eigenvalue weighted by Crippen LogP contribution is -1.97. The van der Waals surface area contributed by atoms with Gasteiger partial charge in [-0.15, -0.1) is 0 Å². The Kier molecular flexibility index (Phi) is 2.90. The quantitative estimate of drug-likeness (QED) is 0.744. The summed E-state index contributed by atoms with van der Waals surface area (Å²) in [4.78, 5) is 10.3. The smallest absolute Gasteiger partial charge is 0.303 e. The minimum absolute atomic E-state index is 0.129. The standard InChI is InChI=1S/C10H12O3/c1-7-6-8(2-4-9(7)11)3-5-10(12)13/h2,4,6,11H,3,5H2,1H3,(H,12,13). The lowest BCUT2D eigenvalue weighted by molar-refractivity contribution is -0.136. The van der Waals surface area contributed by atoms with Crippen LogP contribution in [0, 0.1) is 6.92 Å². The highest BCUT2D eigenvalue weighted by Gasteiger charge is 2.01. The Hall–Kier alpha value is -1.51. The summed E-state index contributed by atoms with van der Waals surface area (Å²) >= 11 is 0. The van der Waals surface area contributed by atoms with E-state index in [9.17, 15) is 9.90 Å². The second-order valence-electron chi connectivity index (χ2n) is 3.01. The van der Waals surface area contributed by atoms with Gasteiger partial charge in [0.2, 0.25) is 0 Å². The van der Waals surface area contributed by atoms with Gasteiger partial charge in [-0.25, -0.2) is 0 Å². The van der Waals surface area contributed by atoms with Gasteiger partial charge in [-0.2, -0.15) is 0 Å². The summed E-state index contributed by atoms with van der Waals surface area (Å²) < 4.78 is 0. The van der Waals surface area contributed by atoms with E-state index in [0.29, 0.717) is 6.42 Å². The van der Waals surface area contributed by atoms with Crippen molar-refractivity contribution in [1.82, 2.24) is 0 Å². The van der Waals surface area contributed by atoms with Crippen LogP contribution in [0.2, 0.25) is 0 Å². The van der Waals surface area contributed by atoms with Crippen LogP contribution in [0.4, 0.5) is 0 Å². The number of carboxylic acid groups (broad SMARTS) is 1. The Morgan fingerprint density at radius 2 is 2.15 bits per heavy atom. The van der Waals surface area contributed by atoms with Gasteiger partial charge in [-0.1, -0.05) is 12.1 Å². The number of hydrogen-bond acceptors (Lipinski definition) is 2. The molecule has 3 nitrogen and oxygen atoms in total. The van der Waals surface area contributed by atoms with E-state index >= 15 is 0 Å². The summed E-state index contributed by atoms with van der Waals surface area (Å²) in [5.41, 5.74) is 1.72. The molecule has 2 N–H and O–H groups in total. The van der Waals surface area contributed by atoms with Gasteiger partial charge in [0.25, 0.3) is 0 Å². The molecule has 0 saturated carbocycles. The van der Waals surface area contributed by atoms with Crippen molar-refractivity contribution < 1.29 is 15.0 Å². The lowest BCUT2D eigenvalue weighted by atomic mass is 10.1. The zero-order chi connectivity index (χ0) is 9.84. The molecule has 0 aliphatic rings. The number of phenols is 1. The van der Waals surface area contributed by atoms with Crippen LogP contribution in [0.3, 0.4) is 0 Å². The van der Waals surface area contributed by atoms with E-state index in [1.807, 2.05) is 0 Å². The molecule has 0 amide bonds. The van der Waals surface area contributed by atoms with E-state index in [0.717, 1.165) is 11.1 Å². The third-order valence-corrected chi connectivity index (χ3v) is 1.89. The highest BCUT2D eigenvalue weighted by atomic mass is 16.4. The minimum Gasteiger partial charge on any atom is -0.508 e. The van der Waals surface area contributed by atoms with Gasteiger partial charge in [-0.05, 0) is 30.5 Å². The van der Waals surface area contributed by atoms with Crippen LogP contribution in [-0.4, -0.2) is 16.2 Å². The number of phenolic OH excluding ortho intramolecular Hbond substituents is 1. The van der Waals surface area contributed by atoms with Gasteiger partial charge in [0, 0.05) is 6.42 Å². The number of rotatable bonds is 3. The van der Waals surface area contributed by atoms with E-state index < -0.39 is 5.97 Å². The average molecular weight is 180 g/mol. The second-order valence-corrected chi connectivity index (χ2v) is 3.01. The Morgan fingerprint density at radius 3 is 2.69 bits per heavy atom. The predicted octanol–water partition coefficient (Wildman–Crippen LogP) is 1.72. The van der Waals surface area contributed by atoms with Gasteiger partial charge in [-0.3, -0.25) is 4.79 Å². The molecule has 0 unspecified atom stereocenters. The first kappa shape index (κ1) is 9.58. The first-order valence-corrected chi connectivity index (χ1v) is 4.10. The second kappa shape index (κ2) is 3.94. The first-order valence-electron chi connectivity index (χ1n) is 4.10. The molecule has 70 valence electrons. The molecule has 13 heavy (non-hydrogen) atoms. The molecular formula is C10H12O3. The molecule has 3 heteroatoms. The Morgan fingerprint density at radius 1 is 1.46 bits per heavy atom. The summed E-state index contributed by atoms with van der Waals surface area (Å²) in [7, 11) is 0. The molecule has 0 fully saturated rings. The molecule has 0 spiro atoms. The summed E-state index contributed by atoms with van der Waals surface area (Å²) in [5.74, 6) is -0.551. The van der Waals surface area contributed by atoms with Crippen LogP contribution >= 0.6 is 0 Å². The van der Waals surface area contributed by atoms with E-state index in [-0.39, 0.29) is 12.2 Å². The molecule has 0 heterocycles. The number of aliphatic carboxylic acids is 1. The molecule has 1 aromatic rings. The zero-order valence-corrected chi connectivity index (χ0v) is 7.45. The third kappa shape index (κ3) is 2.78. The number of aromatic hydroxyl groups is 1. The Labute approximate surface area is 76.6 Å². The van der Waals surface area contributed by atoms with Crippen molar-refractivity contribution in [2.24, 2.45) is 0 Å². The number of aryl methyl sites for hydroxylation is 2. The summed E-state index contributed by atoms with van der Waals surface area (Å²) in [5, 5.41) is 17.7. The Balaban J connectivity index is 2.68. The minimum atomic E-state index is -0.800. The summed E-state index contributed by atoms with van der Waals surface area (Å²) in [6.45, 7) is 1.79. The van der Waals surface area contributed by atoms with Crippen molar-refractivity contribution in [1.29, 1.82) is 0 Å². The predicted molar refractivity (Wildman–Crippen MR) is 48.8 cm³/mol. The fourth-order valence-electron chi connectivity index (χ4n) is 1.12. The maximum atomic E-state index is 10.3. The van der Waals surface area contributed by atoms with E-state index in [1.54, 1.807) is 25.1 Å². The lowest BCUT2D eigenvalue weighted by Gasteiger charge is -2.02. The summed E-state index contributed by atoms with van der Waals surface area (Å²) in [6, 6.07) is 5.13. The van der Waals surface area contributed by atoms with Crippen molar-refractivity contribution in [3.63, 3.8) is 0 Å². The maximum Gasteiger partial charge on any atom is 0.303 e. The Bertz CT molecular complexity index is 318. The highest BCUT2D eigenvalue weighted by molar-refractivity contribution is 5.67. The van der Waals surface area contributed by atoms with Crippen molar-refractivity contribution in [2.75, 3.05) is 0 Å². The van der Waals surface area contributed by atoms with Crippen molar-refractivity contribution in [2.45, 2.75) is 19.8 Å². The third-order valence-electron chi connectivity index (χ3n) is 1.89. The van der Waals surface area contributed by atoms with Gasteiger partial charge in [0.05, 0.1) is 0 Å². The topological polar surface area (TPSA) is 57.5 Å². The molecule has 0 aliphatic heterocycles. The van der Waals surface area contributed by atoms with Crippen LogP contribution < -0.4 is 0 Å². The van der Waals surface area contributed by atoms with Gasteiger partial charge < -0.3 is 10.2 Å². The monoisotopic (exact) mass is 180 g/mol. The maximum absolute atomic E-state index is 10.3. The molecule has 1 aromatic carbocycles. The molecule has 0 aromatic heterocycles. The van der Waals surface area contributed by atoms with Crippen molar-refractivity contribution >= 4 is 5.97 Å². The highest BCUT2D eigenvalue weighted by Crippen LogP contribution is 2.17. The van der Waals surface area contributed by atoms with Crippen LogP contribution in [-0.2, 0) is 11.2 Å². The number of hydrogen-bond donors (Lipinski definition) is 2. The molecular weight excluding hydrogens is 168 g/mol. The van der Waals surface area contributed by atoms with Gasteiger partial charge in [0.15, 0.2) is 0 Å². The summed E-state index contributed by atoms with van der Waals surface area (Å²) in [6.07, 6.45) is 0.640. The van der Waals surface area contributed by atoms with E-state index in [2.05, 4.69) is 0 Å². The van der Waals surface area contributed by atoms with E-state index in [1.165, 1.54) is 0 Å². The normalized spacial score (nSPS) is 9.92. The number of carboxylic acids is 1. The largest absolute Gasteiger partial charge is 0.508 e. The van der Waals surface area contributed by atoms with Crippen LogP contribution in [0.15, 0.2) is 18.2 Å². The van der Waals surface area contributed by atoms with Crippen molar-refractivity contribution in [3.8, 4) is 5.75 Å².